The first-order chi connectivity index (χ1) is 12.0. The Morgan fingerprint density at radius 3 is 1.60 bits per heavy atom. The monoisotopic (exact) mass is 346 g/mol. The maximum Gasteiger partial charge on any atom is 0.145 e. The fourth-order valence-corrected chi connectivity index (χ4v) is 10.6. The molecule has 0 aromatic heterocycles. The highest BCUT2D eigenvalue weighted by atomic mass is 28.3. The molecule has 0 amide bonds. The molecule has 25 heavy (non-hydrogen) atoms. The van der Waals surface area contributed by atoms with Crippen LogP contribution in [-0.4, -0.2) is 8.07 Å². The molecular formula is C24H30Si. The van der Waals surface area contributed by atoms with Crippen LogP contribution in [0.1, 0.15) is 41.0 Å². The number of allylic oxidation sites excluding steroid dienone is 4. The van der Waals surface area contributed by atoms with Gasteiger partial charge in [0.05, 0.1) is 0 Å². The summed E-state index contributed by atoms with van der Waals surface area (Å²) < 4.78 is 0. The maximum atomic E-state index is 2.42. The molecule has 0 saturated carbocycles. The third kappa shape index (κ3) is 2.85. The largest absolute Gasteiger partial charge is 0.145 e. The van der Waals surface area contributed by atoms with Crippen LogP contribution in [0, 0.1) is 5.92 Å². The first-order valence-electron chi connectivity index (χ1n) is 9.54. The molecule has 0 spiro atoms. The lowest BCUT2D eigenvalue weighted by atomic mass is 10.1. The van der Waals surface area contributed by atoms with E-state index in [1.807, 2.05) is 0 Å². The van der Waals surface area contributed by atoms with Gasteiger partial charge in [-0.2, -0.15) is 0 Å². The number of benzene rings is 2. The Hall–Kier alpha value is -1.86. The Labute approximate surface area is 154 Å². The third-order valence-corrected chi connectivity index (χ3v) is 11.9. The summed E-state index contributed by atoms with van der Waals surface area (Å²) in [5, 5.41) is 4.86. The summed E-state index contributed by atoms with van der Waals surface area (Å²) >= 11 is 0. The van der Waals surface area contributed by atoms with Crippen LogP contribution in [0.25, 0.3) is 0 Å². The molecule has 130 valence electrons. The van der Waals surface area contributed by atoms with E-state index in [0.29, 0.717) is 5.92 Å². The number of rotatable bonds is 5. The van der Waals surface area contributed by atoms with Gasteiger partial charge < -0.3 is 0 Å². The molecule has 0 nitrogen and oxygen atoms in total. The number of hydrogen-bond donors (Lipinski definition) is 0. The fraction of sp³-hybridized carbons (Fsp3) is 0.333. The molecule has 1 heteroatoms. The second-order valence-electron chi connectivity index (χ2n) is 7.46. The van der Waals surface area contributed by atoms with Crippen molar-refractivity contribution in [1.82, 2.24) is 0 Å². The summed E-state index contributed by atoms with van der Waals surface area (Å²) in [6.07, 6.45) is 1.22. The SMILES string of the molecule is CCC[Si](C1=C(C)C(C)=C(C)C1C)(c1ccccc1)c1ccccc1. The van der Waals surface area contributed by atoms with Crippen LogP contribution >= 0.6 is 0 Å². The fourth-order valence-electron chi connectivity index (χ4n) is 4.77. The van der Waals surface area contributed by atoms with Crippen LogP contribution in [-0.2, 0) is 0 Å². The van der Waals surface area contributed by atoms with Gasteiger partial charge in [0.25, 0.3) is 0 Å². The van der Waals surface area contributed by atoms with Crippen molar-refractivity contribution in [2.45, 2.75) is 47.1 Å². The highest BCUT2D eigenvalue weighted by Crippen LogP contribution is 2.42. The first-order valence-corrected chi connectivity index (χ1v) is 11.7. The second kappa shape index (κ2) is 7.17. The summed E-state index contributed by atoms with van der Waals surface area (Å²) in [4.78, 5) is 0. The van der Waals surface area contributed by atoms with Crippen LogP contribution in [0.3, 0.4) is 0 Å². The molecule has 0 radical (unpaired) electrons. The highest BCUT2D eigenvalue weighted by Gasteiger charge is 2.45. The zero-order chi connectivity index (χ0) is 18.0. The van der Waals surface area contributed by atoms with Crippen LogP contribution in [0.5, 0.6) is 0 Å². The Kier molecular flexibility index (Phi) is 5.15. The van der Waals surface area contributed by atoms with Gasteiger partial charge in [-0.1, -0.05) is 97.3 Å². The summed E-state index contributed by atoms with van der Waals surface area (Å²) in [5.74, 6) is 0.554. The highest BCUT2D eigenvalue weighted by molar-refractivity contribution is 7.07. The summed E-state index contributed by atoms with van der Waals surface area (Å²) in [5.41, 5.74) is 4.63. The predicted molar refractivity (Wildman–Crippen MR) is 113 cm³/mol. The predicted octanol–water partition coefficient (Wildman–Crippen LogP) is 5.50. The molecule has 1 aliphatic rings. The summed E-state index contributed by atoms with van der Waals surface area (Å²) in [7, 11) is -1.99. The minimum absolute atomic E-state index is 0.554. The maximum absolute atomic E-state index is 2.42. The van der Waals surface area contributed by atoms with Gasteiger partial charge in [-0.25, -0.2) is 0 Å². The average molecular weight is 347 g/mol. The van der Waals surface area contributed by atoms with Crippen molar-refractivity contribution in [2.75, 3.05) is 0 Å². The van der Waals surface area contributed by atoms with Crippen molar-refractivity contribution in [1.29, 1.82) is 0 Å². The van der Waals surface area contributed by atoms with Gasteiger partial charge in [-0.15, -0.1) is 0 Å². The quantitative estimate of drug-likeness (QED) is 0.627. The first kappa shape index (κ1) is 17.9. The van der Waals surface area contributed by atoms with E-state index in [2.05, 4.69) is 95.3 Å². The summed E-state index contributed by atoms with van der Waals surface area (Å²) in [6.45, 7) is 11.8. The summed E-state index contributed by atoms with van der Waals surface area (Å²) in [6, 6.07) is 24.0. The number of hydrogen-bond acceptors (Lipinski definition) is 0. The molecule has 0 heterocycles. The van der Waals surface area contributed by atoms with Gasteiger partial charge in [0.15, 0.2) is 0 Å². The van der Waals surface area contributed by atoms with E-state index in [0.717, 1.165) is 0 Å². The lowest BCUT2D eigenvalue weighted by Gasteiger charge is -2.38. The van der Waals surface area contributed by atoms with Crippen LogP contribution in [0.15, 0.2) is 82.6 Å². The lowest BCUT2D eigenvalue weighted by molar-refractivity contribution is 0.845. The van der Waals surface area contributed by atoms with Crippen molar-refractivity contribution in [3.8, 4) is 0 Å². The molecular weight excluding hydrogens is 316 g/mol. The van der Waals surface area contributed by atoms with E-state index in [-0.39, 0.29) is 0 Å². The van der Waals surface area contributed by atoms with Crippen LogP contribution < -0.4 is 10.4 Å². The van der Waals surface area contributed by atoms with E-state index >= 15 is 0 Å². The van der Waals surface area contributed by atoms with Gasteiger partial charge >= 0.3 is 0 Å². The van der Waals surface area contributed by atoms with Gasteiger partial charge in [-0.05, 0) is 48.7 Å². The molecule has 2 aromatic rings. The molecule has 0 bridgehead atoms. The molecule has 1 unspecified atom stereocenters. The standard InChI is InChI=1S/C24H30Si/c1-6-17-25(22-13-9-7-10-14-22,23-15-11-8-12-16-23)24-20(4)18(2)19(3)21(24)5/h7-16,20H,6,17H2,1-5H3. The molecule has 0 fully saturated rings. The topological polar surface area (TPSA) is 0 Å². The molecule has 0 aliphatic heterocycles. The molecule has 1 atom stereocenters. The van der Waals surface area contributed by atoms with Gasteiger partial charge in [0.2, 0.25) is 0 Å². The minimum Gasteiger partial charge on any atom is -0.0656 e. The van der Waals surface area contributed by atoms with Gasteiger partial charge in [0, 0.05) is 0 Å². The van der Waals surface area contributed by atoms with Crippen LogP contribution in [0.2, 0.25) is 6.04 Å². The molecule has 2 aromatic carbocycles. The molecule has 0 N–H and O–H groups in total. The van der Waals surface area contributed by atoms with Crippen molar-refractivity contribution in [2.24, 2.45) is 5.92 Å². The van der Waals surface area contributed by atoms with Crippen molar-refractivity contribution < 1.29 is 0 Å². The van der Waals surface area contributed by atoms with Crippen LogP contribution in [0.4, 0.5) is 0 Å². The Balaban J connectivity index is 2.34. The minimum atomic E-state index is -1.99. The van der Waals surface area contributed by atoms with E-state index in [9.17, 15) is 0 Å². The second-order valence-corrected chi connectivity index (χ2v) is 11.5. The van der Waals surface area contributed by atoms with E-state index in [1.165, 1.54) is 18.0 Å². The van der Waals surface area contributed by atoms with Gasteiger partial charge in [-0.3, -0.25) is 0 Å². The Bertz CT molecular complexity index is 757. The lowest BCUT2D eigenvalue weighted by Crippen LogP contribution is -2.61. The Morgan fingerprint density at radius 2 is 1.24 bits per heavy atom. The normalized spacial score (nSPS) is 18.2. The van der Waals surface area contributed by atoms with Crippen molar-refractivity contribution in [3.63, 3.8) is 0 Å². The van der Waals surface area contributed by atoms with Crippen molar-refractivity contribution in [3.05, 3.63) is 82.6 Å². The Morgan fingerprint density at radius 1 is 0.760 bits per heavy atom. The zero-order valence-corrected chi connectivity index (χ0v) is 17.3. The molecule has 1 aliphatic carbocycles. The van der Waals surface area contributed by atoms with Crippen molar-refractivity contribution >= 4 is 18.4 Å². The third-order valence-electron chi connectivity index (χ3n) is 6.26. The average Bonchev–Trinajstić information content (AvgIpc) is 2.85. The molecule has 0 saturated heterocycles. The smallest absolute Gasteiger partial charge is 0.0656 e. The van der Waals surface area contributed by atoms with E-state index in [1.54, 1.807) is 26.7 Å². The van der Waals surface area contributed by atoms with Gasteiger partial charge in [0.1, 0.15) is 8.07 Å². The molecule has 3 rings (SSSR count). The van der Waals surface area contributed by atoms with E-state index < -0.39 is 8.07 Å². The van der Waals surface area contributed by atoms with E-state index in [4.69, 9.17) is 0 Å². The zero-order valence-electron chi connectivity index (χ0n) is 16.3.